The predicted molar refractivity (Wildman–Crippen MR) is 73.1 cm³/mol. The standard InChI is InChI=1S/C15H20N2/c1-3-4-5-6-7-11-17(2)15-10-8-9-14(12-15)13-16/h3,8-10,12H,1,4-7,11H2,2H3. The molecule has 2 heteroatoms. The van der Waals surface area contributed by atoms with Gasteiger partial charge in [0.05, 0.1) is 11.6 Å². The molecule has 0 aromatic heterocycles. The molecule has 0 heterocycles. The summed E-state index contributed by atoms with van der Waals surface area (Å²) in [6, 6.07) is 9.92. The van der Waals surface area contributed by atoms with Gasteiger partial charge in [-0.25, -0.2) is 0 Å². The van der Waals surface area contributed by atoms with Crippen LogP contribution in [0.4, 0.5) is 5.69 Å². The zero-order chi connectivity index (χ0) is 12.5. The van der Waals surface area contributed by atoms with E-state index in [1.165, 1.54) is 19.3 Å². The van der Waals surface area contributed by atoms with E-state index in [-0.39, 0.29) is 0 Å². The zero-order valence-corrected chi connectivity index (χ0v) is 10.5. The third kappa shape index (κ3) is 4.74. The fourth-order valence-electron chi connectivity index (χ4n) is 1.76. The molecule has 0 N–H and O–H groups in total. The molecule has 0 atom stereocenters. The highest BCUT2D eigenvalue weighted by atomic mass is 15.1. The number of hydrogen-bond donors (Lipinski definition) is 0. The Balaban J connectivity index is 2.38. The second kappa shape index (κ2) is 7.51. The number of nitriles is 1. The highest BCUT2D eigenvalue weighted by Crippen LogP contribution is 2.15. The quantitative estimate of drug-likeness (QED) is 0.525. The molecule has 0 saturated carbocycles. The van der Waals surface area contributed by atoms with Crippen LogP contribution >= 0.6 is 0 Å². The van der Waals surface area contributed by atoms with Crippen molar-refractivity contribution < 1.29 is 0 Å². The third-order valence-corrected chi connectivity index (χ3v) is 2.82. The lowest BCUT2D eigenvalue weighted by molar-refractivity contribution is 0.679. The van der Waals surface area contributed by atoms with E-state index in [0.29, 0.717) is 0 Å². The third-order valence-electron chi connectivity index (χ3n) is 2.82. The SMILES string of the molecule is C=CCCCCCN(C)c1cccc(C#N)c1. The van der Waals surface area contributed by atoms with Gasteiger partial charge in [0.25, 0.3) is 0 Å². The molecule has 2 nitrogen and oxygen atoms in total. The summed E-state index contributed by atoms with van der Waals surface area (Å²) in [6.45, 7) is 4.75. The molecule has 0 saturated heterocycles. The van der Waals surface area contributed by atoms with Crippen LogP contribution in [0.3, 0.4) is 0 Å². The van der Waals surface area contributed by atoms with Crippen molar-refractivity contribution in [3.63, 3.8) is 0 Å². The molecule has 1 rings (SSSR count). The lowest BCUT2D eigenvalue weighted by atomic mass is 10.1. The molecular formula is C15H20N2. The summed E-state index contributed by atoms with van der Waals surface area (Å²) in [5.41, 5.74) is 1.84. The lowest BCUT2D eigenvalue weighted by Gasteiger charge is -2.19. The van der Waals surface area contributed by atoms with Gasteiger partial charge in [0.1, 0.15) is 0 Å². The predicted octanol–water partition coefficient (Wildman–Crippen LogP) is 3.74. The van der Waals surface area contributed by atoms with E-state index in [0.717, 1.165) is 24.2 Å². The topological polar surface area (TPSA) is 27.0 Å². The summed E-state index contributed by atoms with van der Waals surface area (Å²) in [6.07, 6.45) is 6.71. The first kappa shape index (κ1) is 13.3. The van der Waals surface area contributed by atoms with Gasteiger partial charge in [0.2, 0.25) is 0 Å². The van der Waals surface area contributed by atoms with Crippen molar-refractivity contribution in [3.8, 4) is 6.07 Å². The van der Waals surface area contributed by atoms with E-state index in [1.807, 2.05) is 30.3 Å². The van der Waals surface area contributed by atoms with Gasteiger partial charge >= 0.3 is 0 Å². The first-order chi connectivity index (χ1) is 8.27. The van der Waals surface area contributed by atoms with Crippen molar-refractivity contribution in [3.05, 3.63) is 42.5 Å². The van der Waals surface area contributed by atoms with Gasteiger partial charge in [0.15, 0.2) is 0 Å². The second-order valence-electron chi connectivity index (χ2n) is 4.22. The summed E-state index contributed by atoms with van der Waals surface area (Å²) in [7, 11) is 2.07. The summed E-state index contributed by atoms with van der Waals surface area (Å²) >= 11 is 0. The average molecular weight is 228 g/mol. The number of anilines is 1. The summed E-state index contributed by atoms with van der Waals surface area (Å²) in [5, 5.41) is 8.84. The van der Waals surface area contributed by atoms with Crippen molar-refractivity contribution >= 4 is 5.69 Å². The maximum Gasteiger partial charge on any atom is 0.0992 e. The van der Waals surface area contributed by atoms with Gasteiger partial charge in [-0.1, -0.05) is 18.6 Å². The van der Waals surface area contributed by atoms with Crippen LogP contribution in [0.15, 0.2) is 36.9 Å². The van der Waals surface area contributed by atoms with Crippen LogP contribution < -0.4 is 4.90 Å². The Hall–Kier alpha value is -1.75. The minimum Gasteiger partial charge on any atom is -0.375 e. The van der Waals surface area contributed by atoms with Crippen molar-refractivity contribution in [2.45, 2.75) is 25.7 Å². The van der Waals surface area contributed by atoms with E-state index in [2.05, 4.69) is 24.6 Å². The first-order valence-electron chi connectivity index (χ1n) is 6.10. The van der Waals surface area contributed by atoms with Crippen LogP contribution in [0.25, 0.3) is 0 Å². The number of hydrogen-bond acceptors (Lipinski definition) is 2. The molecule has 0 unspecified atom stereocenters. The van der Waals surface area contributed by atoms with Crippen molar-refractivity contribution in [1.82, 2.24) is 0 Å². The molecule has 1 aromatic rings. The van der Waals surface area contributed by atoms with Crippen LogP contribution in [0.5, 0.6) is 0 Å². The highest BCUT2D eigenvalue weighted by Gasteiger charge is 2.01. The summed E-state index contributed by atoms with van der Waals surface area (Å²) in [4.78, 5) is 2.20. The molecular weight excluding hydrogens is 208 g/mol. The monoisotopic (exact) mass is 228 g/mol. The Labute approximate surface area is 104 Å². The Morgan fingerprint density at radius 1 is 1.35 bits per heavy atom. The Kier molecular flexibility index (Phi) is 5.88. The van der Waals surface area contributed by atoms with Gasteiger partial charge < -0.3 is 4.90 Å². The molecule has 0 aliphatic rings. The molecule has 17 heavy (non-hydrogen) atoms. The fourth-order valence-corrected chi connectivity index (χ4v) is 1.76. The van der Waals surface area contributed by atoms with Gasteiger partial charge in [-0.3, -0.25) is 0 Å². The maximum absolute atomic E-state index is 8.84. The van der Waals surface area contributed by atoms with Crippen molar-refractivity contribution in [2.24, 2.45) is 0 Å². The summed E-state index contributed by atoms with van der Waals surface area (Å²) in [5.74, 6) is 0. The van der Waals surface area contributed by atoms with E-state index >= 15 is 0 Å². The van der Waals surface area contributed by atoms with Crippen LogP contribution in [0.2, 0.25) is 0 Å². The highest BCUT2D eigenvalue weighted by molar-refractivity contribution is 5.50. The minimum atomic E-state index is 0.723. The number of allylic oxidation sites excluding steroid dienone is 1. The molecule has 0 spiro atoms. The van der Waals surface area contributed by atoms with E-state index in [9.17, 15) is 0 Å². The van der Waals surface area contributed by atoms with Gasteiger partial charge in [-0.05, 0) is 37.5 Å². The summed E-state index contributed by atoms with van der Waals surface area (Å²) < 4.78 is 0. The van der Waals surface area contributed by atoms with Gasteiger partial charge in [0, 0.05) is 19.3 Å². The number of rotatable bonds is 7. The molecule has 0 amide bonds. The van der Waals surface area contributed by atoms with E-state index in [4.69, 9.17) is 5.26 Å². The van der Waals surface area contributed by atoms with Gasteiger partial charge in [-0.15, -0.1) is 6.58 Å². The van der Waals surface area contributed by atoms with Crippen LogP contribution in [-0.4, -0.2) is 13.6 Å². The smallest absolute Gasteiger partial charge is 0.0992 e. The maximum atomic E-state index is 8.84. The van der Waals surface area contributed by atoms with E-state index in [1.54, 1.807) is 0 Å². The first-order valence-corrected chi connectivity index (χ1v) is 6.10. The van der Waals surface area contributed by atoms with Crippen molar-refractivity contribution in [2.75, 3.05) is 18.5 Å². The Morgan fingerprint density at radius 3 is 2.88 bits per heavy atom. The average Bonchev–Trinajstić information content (AvgIpc) is 2.38. The zero-order valence-electron chi connectivity index (χ0n) is 10.5. The fraction of sp³-hybridized carbons (Fsp3) is 0.400. The Morgan fingerprint density at radius 2 is 2.18 bits per heavy atom. The molecule has 0 bridgehead atoms. The molecule has 0 radical (unpaired) electrons. The Bertz CT molecular complexity index is 390. The second-order valence-corrected chi connectivity index (χ2v) is 4.22. The van der Waals surface area contributed by atoms with Crippen LogP contribution in [0, 0.1) is 11.3 Å². The number of benzene rings is 1. The molecule has 90 valence electrons. The minimum absolute atomic E-state index is 0.723. The lowest BCUT2D eigenvalue weighted by Crippen LogP contribution is -2.18. The molecule has 0 fully saturated rings. The van der Waals surface area contributed by atoms with Crippen LogP contribution in [-0.2, 0) is 0 Å². The largest absolute Gasteiger partial charge is 0.375 e. The van der Waals surface area contributed by atoms with Crippen LogP contribution in [0.1, 0.15) is 31.2 Å². The number of nitrogens with zero attached hydrogens (tertiary/aromatic N) is 2. The van der Waals surface area contributed by atoms with Gasteiger partial charge in [-0.2, -0.15) is 5.26 Å². The molecule has 0 aliphatic heterocycles. The van der Waals surface area contributed by atoms with E-state index < -0.39 is 0 Å². The molecule has 1 aromatic carbocycles. The van der Waals surface area contributed by atoms with Crippen molar-refractivity contribution in [1.29, 1.82) is 5.26 Å². The normalized spacial score (nSPS) is 9.65. The molecule has 0 aliphatic carbocycles. The number of unbranched alkanes of at least 4 members (excludes halogenated alkanes) is 3.